The van der Waals surface area contributed by atoms with Crippen molar-refractivity contribution in [2.75, 3.05) is 6.61 Å². The summed E-state index contributed by atoms with van der Waals surface area (Å²) in [5.41, 5.74) is 0.143. The largest absolute Gasteiger partial charge is 0.462 e. The highest BCUT2D eigenvalue weighted by Gasteiger charge is 2.52. The summed E-state index contributed by atoms with van der Waals surface area (Å²) < 4.78 is 71.9. The van der Waals surface area contributed by atoms with Crippen LogP contribution in [0, 0.1) is 0 Å². The Morgan fingerprint density at radius 1 is 1.30 bits per heavy atom. The van der Waals surface area contributed by atoms with Crippen molar-refractivity contribution in [3.05, 3.63) is 35.9 Å². The van der Waals surface area contributed by atoms with Crippen LogP contribution in [0.4, 0.5) is 13.2 Å². The van der Waals surface area contributed by atoms with E-state index in [1.165, 1.54) is 12.1 Å². The number of hydrogen-bond acceptors (Lipinski definition) is 4. The van der Waals surface area contributed by atoms with Crippen LogP contribution in [-0.2, 0) is 14.9 Å². The Kier molecular flexibility index (Phi) is 5.12. The van der Waals surface area contributed by atoms with Gasteiger partial charge in [0, 0.05) is 6.42 Å². The molecule has 1 N–H and O–H groups in total. The zero-order valence-corrected chi connectivity index (χ0v) is 10.8. The van der Waals surface area contributed by atoms with Crippen molar-refractivity contribution in [3.63, 3.8) is 0 Å². The molecule has 20 heavy (non-hydrogen) atoms. The molecule has 0 bridgehead atoms. The summed E-state index contributed by atoms with van der Waals surface area (Å²) in [5, 5.41) is -4.94. The lowest BCUT2D eigenvalue weighted by atomic mass is 10.2. The molecular formula is C11H11F3O5S. The predicted molar refractivity (Wildman–Crippen MR) is 62.7 cm³/mol. The summed E-state index contributed by atoms with van der Waals surface area (Å²) in [5.74, 6) is -0.854. The molecule has 112 valence electrons. The van der Waals surface area contributed by atoms with E-state index < -0.39 is 40.5 Å². The van der Waals surface area contributed by atoms with Gasteiger partial charge in [-0.25, -0.2) is 9.18 Å². The van der Waals surface area contributed by atoms with Crippen LogP contribution in [0.15, 0.2) is 30.3 Å². The normalized spacial score (nSPS) is 13.8. The molecule has 1 rings (SSSR count). The Balaban J connectivity index is 2.51. The highest BCUT2D eigenvalue weighted by atomic mass is 32.2. The molecule has 0 amide bonds. The van der Waals surface area contributed by atoms with E-state index in [2.05, 4.69) is 4.74 Å². The van der Waals surface area contributed by atoms with Gasteiger partial charge in [0.1, 0.15) is 0 Å². The summed E-state index contributed by atoms with van der Waals surface area (Å²) in [6, 6.07) is 7.53. The maximum absolute atomic E-state index is 13.0. The van der Waals surface area contributed by atoms with Crippen LogP contribution in [0.5, 0.6) is 0 Å². The standard InChI is InChI=1S/C11H11F3O5S/c12-9(11(13,14)20(16,17)18)6-7-19-10(15)8-4-2-1-3-5-8/h1-5,9H,6-7H2,(H,16,17,18). The van der Waals surface area contributed by atoms with E-state index in [1.54, 1.807) is 18.2 Å². The van der Waals surface area contributed by atoms with E-state index >= 15 is 0 Å². The molecule has 0 heterocycles. The Bertz CT molecular complexity index is 559. The van der Waals surface area contributed by atoms with Gasteiger partial charge in [0.15, 0.2) is 6.17 Å². The maximum Gasteiger partial charge on any atom is 0.400 e. The summed E-state index contributed by atoms with van der Waals surface area (Å²) in [6.45, 7) is -0.750. The number of ether oxygens (including phenoxy) is 1. The summed E-state index contributed by atoms with van der Waals surface area (Å²) in [4.78, 5) is 11.4. The number of esters is 1. The van der Waals surface area contributed by atoms with Crippen LogP contribution in [0.1, 0.15) is 16.8 Å². The second kappa shape index (κ2) is 6.23. The predicted octanol–water partition coefficient (Wildman–Crippen LogP) is 2.05. The third kappa shape index (κ3) is 3.94. The number of hydrogen-bond donors (Lipinski definition) is 1. The monoisotopic (exact) mass is 312 g/mol. The first kappa shape index (κ1) is 16.4. The highest BCUT2D eigenvalue weighted by molar-refractivity contribution is 7.86. The van der Waals surface area contributed by atoms with Crippen molar-refractivity contribution in [2.45, 2.75) is 17.8 Å². The minimum absolute atomic E-state index is 0.143. The number of rotatable bonds is 6. The van der Waals surface area contributed by atoms with E-state index in [1.807, 2.05) is 0 Å². The van der Waals surface area contributed by atoms with Crippen LogP contribution < -0.4 is 0 Å². The molecule has 1 unspecified atom stereocenters. The SMILES string of the molecule is O=C(OCCC(F)C(F)(F)S(=O)(=O)O)c1ccccc1. The molecule has 0 aliphatic carbocycles. The molecule has 1 aromatic rings. The first-order chi connectivity index (χ1) is 9.16. The molecule has 0 aromatic heterocycles. The minimum atomic E-state index is -5.85. The molecule has 0 radical (unpaired) electrons. The summed E-state index contributed by atoms with van der Waals surface area (Å²) >= 11 is 0. The first-order valence-corrected chi connectivity index (χ1v) is 6.81. The van der Waals surface area contributed by atoms with Gasteiger partial charge in [0.25, 0.3) is 0 Å². The zero-order valence-electron chi connectivity index (χ0n) is 10.0. The molecule has 0 aliphatic heterocycles. The lowest BCUT2D eigenvalue weighted by Crippen LogP contribution is -2.39. The van der Waals surface area contributed by atoms with Crippen molar-refractivity contribution in [1.82, 2.24) is 0 Å². The smallest absolute Gasteiger partial charge is 0.400 e. The van der Waals surface area contributed by atoms with E-state index in [-0.39, 0.29) is 5.56 Å². The molecule has 0 fully saturated rings. The topological polar surface area (TPSA) is 80.7 Å². The van der Waals surface area contributed by atoms with E-state index in [4.69, 9.17) is 4.55 Å². The van der Waals surface area contributed by atoms with Crippen LogP contribution >= 0.6 is 0 Å². The summed E-state index contributed by atoms with van der Waals surface area (Å²) in [7, 11) is -5.85. The second-order valence-corrected chi connectivity index (χ2v) is 5.29. The molecule has 1 atom stereocenters. The average Bonchev–Trinajstić information content (AvgIpc) is 2.38. The third-order valence-corrected chi connectivity index (χ3v) is 3.27. The van der Waals surface area contributed by atoms with Gasteiger partial charge < -0.3 is 4.74 Å². The van der Waals surface area contributed by atoms with Gasteiger partial charge in [-0.1, -0.05) is 18.2 Å². The Hall–Kier alpha value is -1.61. The Morgan fingerprint density at radius 3 is 2.35 bits per heavy atom. The highest BCUT2D eigenvalue weighted by Crippen LogP contribution is 2.29. The molecule has 0 spiro atoms. The number of halogens is 3. The van der Waals surface area contributed by atoms with E-state index in [9.17, 15) is 26.4 Å². The van der Waals surface area contributed by atoms with Crippen molar-refractivity contribution in [1.29, 1.82) is 0 Å². The van der Waals surface area contributed by atoms with Crippen molar-refractivity contribution in [2.24, 2.45) is 0 Å². The number of carbonyl (C=O) groups is 1. The third-order valence-electron chi connectivity index (χ3n) is 2.32. The molecule has 9 heteroatoms. The molecule has 1 aromatic carbocycles. The van der Waals surface area contributed by atoms with Crippen molar-refractivity contribution >= 4 is 16.1 Å². The molecule has 0 saturated carbocycles. The average molecular weight is 312 g/mol. The lowest BCUT2D eigenvalue weighted by molar-refractivity contribution is -0.0163. The zero-order chi connectivity index (χ0) is 15.4. The van der Waals surface area contributed by atoms with Gasteiger partial charge in [0.05, 0.1) is 12.2 Å². The lowest BCUT2D eigenvalue weighted by Gasteiger charge is -2.17. The number of alkyl halides is 3. The Labute approximate surface area is 113 Å². The van der Waals surface area contributed by atoms with Crippen LogP contribution in [0.2, 0.25) is 0 Å². The van der Waals surface area contributed by atoms with Gasteiger partial charge in [-0.3, -0.25) is 4.55 Å². The fraction of sp³-hybridized carbons (Fsp3) is 0.364. The Morgan fingerprint density at radius 2 is 1.85 bits per heavy atom. The van der Waals surface area contributed by atoms with E-state index in [0.29, 0.717) is 0 Å². The van der Waals surface area contributed by atoms with Crippen molar-refractivity contribution in [3.8, 4) is 0 Å². The van der Waals surface area contributed by atoms with Crippen LogP contribution in [0.25, 0.3) is 0 Å². The molecular weight excluding hydrogens is 301 g/mol. The van der Waals surface area contributed by atoms with Gasteiger partial charge in [0.2, 0.25) is 0 Å². The quantitative estimate of drug-likeness (QED) is 0.642. The van der Waals surface area contributed by atoms with Crippen molar-refractivity contribution < 1.29 is 35.7 Å². The first-order valence-electron chi connectivity index (χ1n) is 5.37. The number of benzene rings is 1. The summed E-state index contributed by atoms with van der Waals surface area (Å²) in [6.07, 6.45) is -4.24. The minimum Gasteiger partial charge on any atom is -0.462 e. The van der Waals surface area contributed by atoms with Gasteiger partial charge in [-0.05, 0) is 12.1 Å². The fourth-order valence-corrected chi connectivity index (χ4v) is 1.68. The number of carbonyl (C=O) groups excluding carboxylic acids is 1. The molecule has 0 saturated heterocycles. The van der Waals surface area contributed by atoms with Crippen LogP contribution in [-0.4, -0.2) is 37.0 Å². The van der Waals surface area contributed by atoms with Gasteiger partial charge in [-0.2, -0.15) is 17.2 Å². The van der Waals surface area contributed by atoms with E-state index in [0.717, 1.165) is 0 Å². The van der Waals surface area contributed by atoms with Gasteiger partial charge >= 0.3 is 21.3 Å². The van der Waals surface area contributed by atoms with Crippen LogP contribution in [0.3, 0.4) is 0 Å². The van der Waals surface area contributed by atoms with Gasteiger partial charge in [-0.15, -0.1) is 0 Å². The molecule has 5 nitrogen and oxygen atoms in total. The molecule has 0 aliphatic rings. The fourth-order valence-electron chi connectivity index (χ4n) is 1.24. The second-order valence-electron chi connectivity index (χ2n) is 3.80. The maximum atomic E-state index is 13.0.